The molecular formula is C13H15NO2S. The molecule has 1 aliphatic heterocycles. The first-order chi connectivity index (χ1) is 8.20. The van der Waals surface area contributed by atoms with Gasteiger partial charge in [0.1, 0.15) is 0 Å². The van der Waals surface area contributed by atoms with Gasteiger partial charge >= 0.3 is 0 Å². The smallest absolute Gasteiger partial charge is 0.258 e. The highest BCUT2D eigenvalue weighted by molar-refractivity contribution is 7.80. The summed E-state index contributed by atoms with van der Waals surface area (Å²) < 4.78 is 0. The monoisotopic (exact) mass is 249 g/mol. The Hall–Kier alpha value is -1.55. The van der Waals surface area contributed by atoms with Crippen LogP contribution in [0.2, 0.25) is 0 Å². The fourth-order valence-corrected chi connectivity index (χ4v) is 1.23. The number of carbonyl (C=O) groups excluding carboxylic acids is 2. The van der Waals surface area contributed by atoms with Crippen LogP contribution in [0.25, 0.3) is 0 Å². The Kier molecular flexibility index (Phi) is 5.49. The molecule has 0 aromatic heterocycles. The highest BCUT2D eigenvalue weighted by Crippen LogP contribution is 2.17. The Morgan fingerprint density at radius 3 is 1.94 bits per heavy atom. The molecule has 0 radical (unpaired) electrons. The third-order valence-electron chi connectivity index (χ3n) is 2.05. The van der Waals surface area contributed by atoms with E-state index in [0.29, 0.717) is 5.69 Å². The molecule has 0 atom stereocenters. The third-order valence-corrected chi connectivity index (χ3v) is 2.49. The highest BCUT2D eigenvalue weighted by Gasteiger charge is 2.24. The lowest BCUT2D eigenvalue weighted by atomic mass is 10.3. The minimum absolute atomic E-state index is 0.281. The minimum atomic E-state index is -0.281. The van der Waals surface area contributed by atoms with E-state index < -0.39 is 0 Å². The van der Waals surface area contributed by atoms with E-state index in [1.54, 1.807) is 24.3 Å². The molecule has 0 saturated carbocycles. The molecule has 0 fully saturated rings. The Balaban J connectivity index is 0.000000317. The molecular weight excluding hydrogens is 234 g/mol. The van der Waals surface area contributed by atoms with E-state index in [-0.39, 0.29) is 11.8 Å². The van der Waals surface area contributed by atoms with Crippen molar-refractivity contribution in [3.05, 3.63) is 42.5 Å². The van der Waals surface area contributed by atoms with E-state index in [0.717, 1.165) is 10.7 Å². The number of hydrogen-bond donors (Lipinski definition) is 1. The number of rotatable bonds is 2. The maximum absolute atomic E-state index is 11.2. The van der Waals surface area contributed by atoms with E-state index in [4.69, 9.17) is 0 Å². The lowest BCUT2D eigenvalue weighted by Crippen LogP contribution is -2.29. The van der Waals surface area contributed by atoms with Crippen LogP contribution in [0, 0.1) is 0 Å². The maximum atomic E-state index is 11.2. The average Bonchev–Trinajstić information content (AvgIpc) is 2.70. The van der Waals surface area contributed by atoms with E-state index >= 15 is 0 Å². The van der Waals surface area contributed by atoms with Crippen LogP contribution in [0.15, 0.2) is 42.5 Å². The van der Waals surface area contributed by atoms with Gasteiger partial charge in [-0.1, -0.05) is 25.1 Å². The normalized spacial score (nSPS) is 13.6. The summed E-state index contributed by atoms with van der Waals surface area (Å²) in [6, 6.07) is 8.86. The van der Waals surface area contributed by atoms with Crippen molar-refractivity contribution >= 4 is 30.1 Å². The molecule has 0 bridgehead atoms. The fourth-order valence-electron chi connectivity index (χ4n) is 1.23. The molecule has 1 aliphatic rings. The number of para-hydroxylation sites is 1. The number of benzene rings is 1. The van der Waals surface area contributed by atoms with Crippen molar-refractivity contribution in [1.82, 2.24) is 0 Å². The molecule has 0 saturated heterocycles. The molecule has 0 spiro atoms. The van der Waals surface area contributed by atoms with Crippen molar-refractivity contribution in [3.63, 3.8) is 0 Å². The first-order valence-electron chi connectivity index (χ1n) is 5.42. The van der Waals surface area contributed by atoms with Crippen LogP contribution in [0.4, 0.5) is 5.69 Å². The molecule has 17 heavy (non-hydrogen) atoms. The van der Waals surface area contributed by atoms with E-state index in [1.807, 2.05) is 6.07 Å². The lowest BCUT2D eigenvalue weighted by Gasteiger charge is -2.12. The highest BCUT2D eigenvalue weighted by atomic mass is 32.1. The van der Waals surface area contributed by atoms with Gasteiger partial charge in [-0.2, -0.15) is 12.6 Å². The van der Waals surface area contributed by atoms with Crippen LogP contribution in [0.5, 0.6) is 0 Å². The summed E-state index contributed by atoms with van der Waals surface area (Å²) in [5.74, 6) is 0.451. The first kappa shape index (κ1) is 13.5. The Morgan fingerprint density at radius 1 is 1.06 bits per heavy atom. The van der Waals surface area contributed by atoms with Crippen LogP contribution in [-0.4, -0.2) is 17.6 Å². The van der Waals surface area contributed by atoms with E-state index in [1.165, 1.54) is 18.6 Å². The predicted octanol–water partition coefficient (Wildman–Crippen LogP) is 2.44. The van der Waals surface area contributed by atoms with Gasteiger partial charge < -0.3 is 0 Å². The Morgan fingerprint density at radius 2 is 1.53 bits per heavy atom. The van der Waals surface area contributed by atoms with E-state index in [9.17, 15) is 9.59 Å². The van der Waals surface area contributed by atoms with Gasteiger partial charge in [0.15, 0.2) is 0 Å². The number of imide groups is 1. The summed E-state index contributed by atoms with van der Waals surface area (Å²) >= 11 is 3.92. The second-order valence-electron chi connectivity index (χ2n) is 3.40. The topological polar surface area (TPSA) is 37.4 Å². The van der Waals surface area contributed by atoms with Gasteiger partial charge in [-0.25, -0.2) is 4.90 Å². The lowest BCUT2D eigenvalue weighted by molar-refractivity contribution is -0.119. The Bertz CT molecular complexity index is 395. The van der Waals surface area contributed by atoms with Gasteiger partial charge in [-0.3, -0.25) is 9.59 Å². The van der Waals surface area contributed by atoms with Gasteiger partial charge in [0.05, 0.1) is 5.69 Å². The summed E-state index contributed by atoms with van der Waals surface area (Å²) in [6.45, 7) is 2.10. The molecule has 0 aliphatic carbocycles. The van der Waals surface area contributed by atoms with Gasteiger partial charge in [-0.15, -0.1) is 0 Å². The fraction of sp³-hybridized carbons (Fsp3) is 0.231. The largest absolute Gasteiger partial charge is 0.269 e. The average molecular weight is 249 g/mol. The zero-order chi connectivity index (χ0) is 12.7. The predicted molar refractivity (Wildman–Crippen MR) is 72.2 cm³/mol. The number of anilines is 1. The minimum Gasteiger partial charge on any atom is -0.269 e. The molecule has 3 nitrogen and oxygen atoms in total. The quantitative estimate of drug-likeness (QED) is 0.645. The number of thiol groups is 1. The molecule has 4 heteroatoms. The second-order valence-corrected chi connectivity index (χ2v) is 3.85. The van der Waals surface area contributed by atoms with Crippen molar-refractivity contribution in [2.45, 2.75) is 13.3 Å². The van der Waals surface area contributed by atoms with Crippen molar-refractivity contribution in [1.29, 1.82) is 0 Å². The van der Waals surface area contributed by atoms with Crippen molar-refractivity contribution in [3.8, 4) is 0 Å². The number of carbonyl (C=O) groups is 2. The third kappa shape index (κ3) is 3.75. The van der Waals surface area contributed by atoms with Crippen molar-refractivity contribution in [2.24, 2.45) is 0 Å². The summed E-state index contributed by atoms with van der Waals surface area (Å²) in [5, 5.41) is 0. The maximum Gasteiger partial charge on any atom is 0.258 e. The standard InChI is InChI=1S/C10H7NO2.C3H8S/c12-9-6-7-10(13)11(9)8-4-2-1-3-5-8;1-2-3-4/h1-7H;4H,2-3H2,1H3. The van der Waals surface area contributed by atoms with Crippen molar-refractivity contribution in [2.75, 3.05) is 10.7 Å². The molecule has 2 amide bonds. The Labute approximate surface area is 107 Å². The second kappa shape index (κ2) is 6.91. The molecule has 90 valence electrons. The summed E-state index contributed by atoms with van der Waals surface area (Å²) in [4.78, 5) is 23.5. The van der Waals surface area contributed by atoms with E-state index in [2.05, 4.69) is 19.6 Å². The zero-order valence-electron chi connectivity index (χ0n) is 9.67. The SMILES string of the molecule is CCCS.O=C1C=CC(=O)N1c1ccccc1. The number of amides is 2. The summed E-state index contributed by atoms with van der Waals surface area (Å²) in [5.41, 5.74) is 0.613. The summed E-state index contributed by atoms with van der Waals surface area (Å²) in [6.07, 6.45) is 3.73. The molecule has 1 aromatic rings. The van der Waals surface area contributed by atoms with Crippen molar-refractivity contribution < 1.29 is 9.59 Å². The molecule has 0 N–H and O–H groups in total. The molecule has 1 heterocycles. The van der Waals surface area contributed by atoms with Gasteiger partial charge in [-0.05, 0) is 24.3 Å². The molecule has 2 rings (SSSR count). The number of nitrogens with zero attached hydrogens (tertiary/aromatic N) is 1. The first-order valence-corrected chi connectivity index (χ1v) is 6.06. The van der Waals surface area contributed by atoms with Crippen LogP contribution in [0.3, 0.4) is 0 Å². The van der Waals surface area contributed by atoms with Gasteiger partial charge in [0, 0.05) is 12.2 Å². The van der Waals surface area contributed by atoms with Crippen LogP contribution >= 0.6 is 12.6 Å². The number of hydrogen-bond acceptors (Lipinski definition) is 3. The van der Waals surface area contributed by atoms with Gasteiger partial charge in [0.25, 0.3) is 11.8 Å². The van der Waals surface area contributed by atoms with Crippen LogP contribution in [0.1, 0.15) is 13.3 Å². The van der Waals surface area contributed by atoms with Gasteiger partial charge in [0.2, 0.25) is 0 Å². The van der Waals surface area contributed by atoms with Crippen LogP contribution in [-0.2, 0) is 9.59 Å². The van der Waals surface area contributed by atoms with Crippen LogP contribution < -0.4 is 4.90 Å². The zero-order valence-corrected chi connectivity index (χ0v) is 10.6. The summed E-state index contributed by atoms with van der Waals surface area (Å²) in [7, 11) is 0. The molecule has 1 aromatic carbocycles. The molecule has 0 unspecified atom stereocenters.